The van der Waals surface area contributed by atoms with E-state index >= 15 is 0 Å². The van der Waals surface area contributed by atoms with Gasteiger partial charge in [-0.15, -0.1) is 0 Å². The van der Waals surface area contributed by atoms with Gasteiger partial charge in [-0.3, -0.25) is 4.79 Å². The fourth-order valence-electron chi connectivity index (χ4n) is 1.58. The van der Waals surface area contributed by atoms with Crippen molar-refractivity contribution in [2.75, 3.05) is 18.5 Å². The minimum atomic E-state index is -0.187. The van der Waals surface area contributed by atoms with Crippen LogP contribution < -0.4 is 5.32 Å². The standard InChI is InChI=1S/C14H21NO2/c1-5-17-14(3,4)10-15-13-8-6-12(7-9-13)11(2)16/h6-9,15H,5,10H2,1-4H3. The van der Waals surface area contributed by atoms with E-state index in [1.807, 2.05) is 45.0 Å². The van der Waals surface area contributed by atoms with Gasteiger partial charge < -0.3 is 10.1 Å². The number of benzene rings is 1. The molecule has 0 saturated heterocycles. The third-order valence-corrected chi connectivity index (χ3v) is 2.54. The maximum atomic E-state index is 11.1. The third kappa shape index (κ3) is 4.57. The van der Waals surface area contributed by atoms with E-state index in [0.29, 0.717) is 6.61 Å². The predicted octanol–water partition coefficient (Wildman–Crippen LogP) is 3.12. The van der Waals surface area contributed by atoms with Crippen LogP contribution in [0.3, 0.4) is 0 Å². The predicted molar refractivity (Wildman–Crippen MR) is 70.6 cm³/mol. The van der Waals surface area contributed by atoms with Crippen molar-refractivity contribution >= 4 is 11.5 Å². The Balaban J connectivity index is 2.55. The molecule has 0 aliphatic rings. The molecule has 0 aromatic heterocycles. The maximum Gasteiger partial charge on any atom is 0.159 e. The monoisotopic (exact) mass is 235 g/mol. The average molecular weight is 235 g/mol. The highest BCUT2D eigenvalue weighted by Gasteiger charge is 2.16. The molecule has 0 saturated carbocycles. The first-order valence-electron chi connectivity index (χ1n) is 5.93. The molecule has 0 heterocycles. The van der Waals surface area contributed by atoms with Crippen LogP contribution in [-0.2, 0) is 4.74 Å². The molecule has 17 heavy (non-hydrogen) atoms. The first-order valence-corrected chi connectivity index (χ1v) is 5.93. The van der Waals surface area contributed by atoms with Gasteiger partial charge in [-0.05, 0) is 52.0 Å². The fourth-order valence-corrected chi connectivity index (χ4v) is 1.58. The summed E-state index contributed by atoms with van der Waals surface area (Å²) in [5.41, 5.74) is 1.55. The highest BCUT2D eigenvalue weighted by Crippen LogP contribution is 2.14. The largest absolute Gasteiger partial charge is 0.382 e. The topological polar surface area (TPSA) is 38.3 Å². The van der Waals surface area contributed by atoms with Gasteiger partial charge in [0.1, 0.15) is 0 Å². The zero-order chi connectivity index (χ0) is 12.9. The van der Waals surface area contributed by atoms with Crippen LogP contribution in [0.25, 0.3) is 0 Å². The average Bonchev–Trinajstić information content (AvgIpc) is 2.27. The Morgan fingerprint density at radius 3 is 2.35 bits per heavy atom. The minimum Gasteiger partial charge on any atom is -0.382 e. The molecule has 0 spiro atoms. The van der Waals surface area contributed by atoms with Crippen LogP contribution in [0, 0.1) is 0 Å². The lowest BCUT2D eigenvalue weighted by Crippen LogP contribution is -2.33. The first-order chi connectivity index (χ1) is 7.94. The van der Waals surface area contributed by atoms with E-state index in [1.165, 1.54) is 0 Å². The zero-order valence-corrected chi connectivity index (χ0v) is 11.0. The highest BCUT2D eigenvalue weighted by molar-refractivity contribution is 5.94. The molecule has 0 bridgehead atoms. The smallest absolute Gasteiger partial charge is 0.159 e. The Labute approximate surface area is 103 Å². The van der Waals surface area contributed by atoms with Crippen molar-refractivity contribution in [1.82, 2.24) is 0 Å². The quantitative estimate of drug-likeness (QED) is 0.770. The summed E-state index contributed by atoms with van der Waals surface area (Å²) < 4.78 is 5.60. The summed E-state index contributed by atoms with van der Waals surface area (Å²) in [5.74, 6) is 0.0891. The second-order valence-electron chi connectivity index (χ2n) is 4.68. The molecule has 1 aromatic carbocycles. The maximum absolute atomic E-state index is 11.1. The van der Waals surface area contributed by atoms with E-state index in [4.69, 9.17) is 4.74 Å². The molecule has 3 heteroatoms. The number of ketones is 1. The summed E-state index contributed by atoms with van der Waals surface area (Å²) in [4.78, 5) is 11.1. The molecule has 1 aromatic rings. The number of anilines is 1. The van der Waals surface area contributed by atoms with Gasteiger partial charge in [-0.2, -0.15) is 0 Å². The summed E-state index contributed by atoms with van der Waals surface area (Å²) in [6, 6.07) is 7.49. The summed E-state index contributed by atoms with van der Waals surface area (Å²) in [6.07, 6.45) is 0. The molecule has 0 fully saturated rings. The molecule has 0 unspecified atom stereocenters. The van der Waals surface area contributed by atoms with Crippen LogP contribution in [0.4, 0.5) is 5.69 Å². The molecule has 1 rings (SSSR count). The van der Waals surface area contributed by atoms with Gasteiger partial charge in [0.05, 0.1) is 5.60 Å². The lowest BCUT2D eigenvalue weighted by atomic mass is 10.1. The Hall–Kier alpha value is -1.35. The minimum absolute atomic E-state index is 0.0891. The van der Waals surface area contributed by atoms with Gasteiger partial charge in [0.15, 0.2) is 5.78 Å². The van der Waals surface area contributed by atoms with Crippen molar-refractivity contribution < 1.29 is 9.53 Å². The molecule has 94 valence electrons. The van der Waals surface area contributed by atoms with Gasteiger partial charge >= 0.3 is 0 Å². The number of rotatable bonds is 6. The van der Waals surface area contributed by atoms with Crippen molar-refractivity contribution in [3.63, 3.8) is 0 Å². The summed E-state index contributed by atoms with van der Waals surface area (Å²) >= 11 is 0. The second kappa shape index (κ2) is 5.82. The molecular weight excluding hydrogens is 214 g/mol. The molecule has 0 aliphatic carbocycles. The normalized spacial score (nSPS) is 11.3. The summed E-state index contributed by atoms with van der Waals surface area (Å²) in [6.45, 7) is 9.10. The van der Waals surface area contributed by atoms with Gasteiger partial charge in [0.25, 0.3) is 0 Å². The number of hydrogen-bond acceptors (Lipinski definition) is 3. The lowest BCUT2D eigenvalue weighted by Gasteiger charge is -2.25. The van der Waals surface area contributed by atoms with Crippen LogP contribution in [-0.4, -0.2) is 24.5 Å². The van der Waals surface area contributed by atoms with Crippen LogP contribution in [0.5, 0.6) is 0 Å². The zero-order valence-electron chi connectivity index (χ0n) is 11.0. The molecule has 0 radical (unpaired) electrons. The SMILES string of the molecule is CCOC(C)(C)CNc1ccc(C(C)=O)cc1. The van der Waals surface area contributed by atoms with E-state index in [9.17, 15) is 4.79 Å². The van der Waals surface area contributed by atoms with E-state index in [1.54, 1.807) is 6.92 Å². The Morgan fingerprint density at radius 2 is 1.88 bits per heavy atom. The van der Waals surface area contributed by atoms with Crippen molar-refractivity contribution in [3.8, 4) is 0 Å². The van der Waals surface area contributed by atoms with Crippen LogP contribution in [0.15, 0.2) is 24.3 Å². The van der Waals surface area contributed by atoms with Crippen molar-refractivity contribution in [1.29, 1.82) is 0 Å². The number of hydrogen-bond donors (Lipinski definition) is 1. The summed E-state index contributed by atoms with van der Waals surface area (Å²) in [5, 5.41) is 3.30. The van der Waals surface area contributed by atoms with E-state index in [0.717, 1.165) is 17.8 Å². The third-order valence-electron chi connectivity index (χ3n) is 2.54. The first kappa shape index (κ1) is 13.7. The highest BCUT2D eigenvalue weighted by atomic mass is 16.5. The number of carbonyl (C=O) groups excluding carboxylic acids is 1. The molecule has 3 nitrogen and oxygen atoms in total. The molecule has 0 amide bonds. The fraction of sp³-hybridized carbons (Fsp3) is 0.500. The Morgan fingerprint density at radius 1 is 1.29 bits per heavy atom. The molecule has 0 aliphatic heterocycles. The lowest BCUT2D eigenvalue weighted by molar-refractivity contribution is 0.000695. The number of Topliss-reactive ketones (excluding diaryl/α,β-unsaturated/α-hetero) is 1. The van der Waals surface area contributed by atoms with Gasteiger partial charge in [0.2, 0.25) is 0 Å². The van der Waals surface area contributed by atoms with Gasteiger partial charge in [-0.1, -0.05) is 0 Å². The molecular formula is C14H21NO2. The molecule has 1 N–H and O–H groups in total. The number of ether oxygens (including phenoxy) is 1. The summed E-state index contributed by atoms with van der Waals surface area (Å²) in [7, 11) is 0. The van der Waals surface area contributed by atoms with E-state index in [-0.39, 0.29) is 11.4 Å². The second-order valence-corrected chi connectivity index (χ2v) is 4.68. The van der Waals surface area contributed by atoms with E-state index < -0.39 is 0 Å². The van der Waals surface area contributed by atoms with Crippen molar-refractivity contribution in [2.24, 2.45) is 0 Å². The van der Waals surface area contributed by atoms with Crippen LogP contribution in [0.1, 0.15) is 38.1 Å². The number of carbonyl (C=O) groups is 1. The van der Waals surface area contributed by atoms with Gasteiger partial charge in [0, 0.05) is 24.4 Å². The van der Waals surface area contributed by atoms with Gasteiger partial charge in [-0.25, -0.2) is 0 Å². The van der Waals surface area contributed by atoms with Crippen LogP contribution >= 0.6 is 0 Å². The van der Waals surface area contributed by atoms with Crippen molar-refractivity contribution in [3.05, 3.63) is 29.8 Å². The van der Waals surface area contributed by atoms with Crippen LogP contribution in [0.2, 0.25) is 0 Å². The number of nitrogens with one attached hydrogen (secondary N) is 1. The van der Waals surface area contributed by atoms with E-state index in [2.05, 4.69) is 5.32 Å². The Kier molecular flexibility index (Phi) is 4.70. The molecule has 0 atom stereocenters. The van der Waals surface area contributed by atoms with Crippen molar-refractivity contribution in [2.45, 2.75) is 33.3 Å². The Bertz CT molecular complexity index is 368.